The first-order valence-electron chi connectivity index (χ1n) is 10.9. The number of urea groups is 1. The molecule has 0 spiro atoms. The lowest BCUT2D eigenvalue weighted by molar-refractivity contribution is -0.140. The van der Waals surface area contributed by atoms with Crippen LogP contribution in [0, 0.1) is 11.7 Å². The number of rotatable bonds is 5. The molecule has 4 amide bonds. The maximum absolute atomic E-state index is 13.5. The molecular formula is C23H24FN5O5S. The van der Waals surface area contributed by atoms with Gasteiger partial charge in [0.05, 0.1) is 29.4 Å². The van der Waals surface area contributed by atoms with Gasteiger partial charge in [-0.15, -0.1) is 11.8 Å². The van der Waals surface area contributed by atoms with E-state index in [1.807, 2.05) is 0 Å². The van der Waals surface area contributed by atoms with Gasteiger partial charge in [0.1, 0.15) is 5.82 Å². The molecule has 4 atom stereocenters. The molecule has 3 aliphatic rings. The van der Waals surface area contributed by atoms with Crippen LogP contribution in [0.15, 0.2) is 42.5 Å². The highest BCUT2D eigenvalue weighted by Gasteiger charge is 2.51. The number of thioether (sulfide) groups is 1. The van der Waals surface area contributed by atoms with E-state index in [2.05, 4.69) is 16.0 Å². The van der Waals surface area contributed by atoms with Crippen LogP contribution in [-0.2, 0) is 9.59 Å². The quantitative estimate of drug-likeness (QED) is 0.570. The third-order valence-corrected chi connectivity index (χ3v) is 7.43. The Morgan fingerprint density at radius 3 is 2.63 bits per heavy atom. The fourth-order valence-electron chi connectivity index (χ4n) is 4.38. The number of benzene rings is 2. The van der Waals surface area contributed by atoms with Gasteiger partial charge in [-0.25, -0.2) is 9.18 Å². The second-order valence-corrected chi connectivity index (χ2v) is 9.56. The summed E-state index contributed by atoms with van der Waals surface area (Å²) in [6.45, 7) is 0.140. The lowest BCUT2D eigenvalue weighted by Gasteiger charge is -2.50. The Hall–Kier alpha value is -3.35. The van der Waals surface area contributed by atoms with Crippen LogP contribution >= 0.6 is 11.8 Å². The van der Waals surface area contributed by atoms with E-state index in [4.69, 9.17) is 9.47 Å². The maximum Gasteiger partial charge on any atom is 0.327 e. The predicted molar refractivity (Wildman–Crippen MR) is 126 cm³/mol. The number of ether oxygens (including phenoxy) is 2. The monoisotopic (exact) mass is 501 g/mol. The summed E-state index contributed by atoms with van der Waals surface area (Å²) in [7, 11) is 3.06. The standard InChI is InChI=1S/C23H24FN5O5S/c1-28-20-18(22(31)29(2)23(28)32)21(27-19(26-20)12-3-5-13(24)6-4-12)35-10-17(30)25-14-7-8-15-16(9-14)34-11-33-15/h3-9,18-21,26-27H,10-11H2,1-2H3,(H,25,30). The van der Waals surface area contributed by atoms with Crippen LogP contribution in [0.1, 0.15) is 11.7 Å². The van der Waals surface area contributed by atoms with Crippen molar-refractivity contribution in [2.24, 2.45) is 5.92 Å². The molecule has 3 aliphatic heterocycles. The van der Waals surface area contributed by atoms with Crippen molar-refractivity contribution >= 4 is 35.3 Å². The molecule has 0 saturated carbocycles. The zero-order valence-electron chi connectivity index (χ0n) is 19.0. The third kappa shape index (κ3) is 4.51. The molecule has 2 aromatic carbocycles. The molecule has 10 nitrogen and oxygen atoms in total. The summed E-state index contributed by atoms with van der Waals surface area (Å²) in [4.78, 5) is 40.9. The van der Waals surface area contributed by atoms with Gasteiger partial charge in [0.25, 0.3) is 0 Å². The average Bonchev–Trinajstić information content (AvgIpc) is 3.33. The number of nitrogens with zero attached hydrogens (tertiary/aromatic N) is 2. The first-order chi connectivity index (χ1) is 16.8. The minimum atomic E-state index is -0.636. The first-order valence-corrected chi connectivity index (χ1v) is 12.0. The molecule has 2 fully saturated rings. The van der Waals surface area contributed by atoms with Crippen LogP contribution in [0.2, 0.25) is 0 Å². The van der Waals surface area contributed by atoms with E-state index in [-0.39, 0.29) is 30.2 Å². The van der Waals surface area contributed by atoms with Gasteiger partial charge in [-0.3, -0.25) is 25.1 Å². The smallest absolute Gasteiger partial charge is 0.327 e. The summed E-state index contributed by atoms with van der Waals surface area (Å²) in [6.07, 6.45) is -1.06. The minimum Gasteiger partial charge on any atom is -0.454 e. The Morgan fingerprint density at radius 1 is 1.11 bits per heavy atom. The molecule has 12 heteroatoms. The summed E-state index contributed by atoms with van der Waals surface area (Å²) in [5, 5.41) is 8.98. The van der Waals surface area contributed by atoms with Crippen LogP contribution in [0.5, 0.6) is 11.5 Å². The number of anilines is 1. The van der Waals surface area contributed by atoms with Gasteiger partial charge in [-0.05, 0) is 29.8 Å². The number of nitrogens with one attached hydrogen (secondary N) is 3. The second kappa shape index (κ2) is 9.36. The Balaban J connectivity index is 1.32. The average molecular weight is 502 g/mol. The lowest BCUT2D eigenvalue weighted by Crippen LogP contribution is -2.72. The minimum absolute atomic E-state index is 0.0557. The molecule has 3 heterocycles. The zero-order valence-corrected chi connectivity index (χ0v) is 19.8. The van der Waals surface area contributed by atoms with E-state index in [0.29, 0.717) is 17.2 Å². The molecule has 184 valence electrons. The van der Waals surface area contributed by atoms with Crippen LogP contribution in [0.4, 0.5) is 14.9 Å². The fourth-order valence-corrected chi connectivity index (χ4v) is 5.49. The molecular weight excluding hydrogens is 477 g/mol. The van der Waals surface area contributed by atoms with Crippen molar-refractivity contribution in [3.8, 4) is 11.5 Å². The van der Waals surface area contributed by atoms with Gasteiger partial charge >= 0.3 is 6.03 Å². The summed E-state index contributed by atoms with van der Waals surface area (Å²) in [6, 6.07) is 10.7. The highest BCUT2D eigenvalue weighted by molar-refractivity contribution is 8.00. The van der Waals surface area contributed by atoms with Crippen molar-refractivity contribution in [2.75, 3.05) is 32.0 Å². The van der Waals surface area contributed by atoms with Gasteiger partial charge in [0.2, 0.25) is 18.6 Å². The molecule has 4 unspecified atom stereocenters. The highest BCUT2D eigenvalue weighted by Crippen LogP contribution is 2.36. The van der Waals surface area contributed by atoms with Gasteiger partial charge in [0, 0.05) is 25.8 Å². The third-order valence-electron chi connectivity index (χ3n) is 6.21. The van der Waals surface area contributed by atoms with Gasteiger partial charge in [0.15, 0.2) is 11.5 Å². The molecule has 2 aromatic rings. The van der Waals surface area contributed by atoms with Crippen LogP contribution < -0.4 is 25.4 Å². The number of carbonyl (C=O) groups excluding carboxylic acids is 3. The number of halogens is 1. The molecule has 0 aromatic heterocycles. The SMILES string of the molecule is CN1C(=O)C2C(SCC(=O)Nc3ccc4c(c3)OCO4)NC(c3ccc(F)cc3)NC2N(C)C1=O. The van der Waals surface area contributed by atoms with Crippen molar-refractivity contribution in [1.29, 1.82) is 0 Å². The Labute approximate surface area is 205 Å². The van der Waals surface area contributed by atoms with Crippen LogP contribution in [-0.4, -0.2) is 65.8 Å². The number of amides is 4. The van der Waals surface area contributed by atoms with E-state index < -0.39 is 29.7 Å². The van der Waals surface area contributed by atoms with Crippen LogP contribution in [0.25, 0.3) is 0 Å². The zero-order chi connectivity index (χ0) is 24.7. The first kappa shape index (κ1) is 23.4. The molecule has 0 bridgehead atoms. The topological polar surface area (TPSA) is 112 Å². The Bertz CT molecular complexity index is 1170. The summed E-state index contributed by atoms with van der Waals surface area (Å²) in [5.41, 5.74) is 1.31. The van der Waals surface area contributed by atoms with Crippen molar-refractivity contribution < 1.29 is 28.2 Å². The maximum atomic E-state index is 13.5. The molecule has 35 heavy (non-hydrogen) atoms. The lowest BCUT2D eigenvalue weighted by atomic mass is 9.96. The number of imide groups is 1. The predicted octanol–water partition coefficient (Wildman–Crippen LogP) is 1.91. The van der Waals surface area contributed by atoms with Crippen molar-refractivity contribution in [1.82, 2.24) is 20.4 Å². The largest absolute Gasteiger partial charge is 0.454 e. The molecule has 0 radical (unpaired) electrons. The van der Waals surface area contributed by atoms with Crippen LogP contribution in [0.3, 0.4) is 0 Å². The van der Waals surface area contributed by atoms with E-state index in [0.717, 1.165) is 10.5 Å². The normalized spacial score (nSPS) is 25.5. The Kier molecular flexibility index (Phi) is 6.26. The second-order valence-electron chi connectivity index (χ2n) is 8.43. The summed E-state index contributed by atoms with van der Waals surface area (Å²) < 4.78 is 24.1. The molecule has 2 saturated heterocycles. The van der Waals surface area contributed by atoms with Gasteiger partial charge in [-0.1, -0.05) is 12.1 Å². The fraction of sp³-hybridized carbons (Fsp3) is 0.348. The summed E-state index contributed by atoms with van der Waals surface area (Å²) in [5.74, 6) is -0.371. The van der Waals surface area contributed by atoms with Crippen molar-refractivity contribution in [3.05, 3.63) is 53.8 Å². The summed E-state index contributed by atoms with van der Waals surface area (Å²) >= 11 is 1.27. The number of fused-ring (bicyclic) bond motifs is 2. The van der Waals surface area contributed by atoms with Gasteiger partial charge in [-0.2, -0.15) is 0 Å². The molecule has 3 N–H and O–H groups in total. The number of hydrogen-bond acceptors (Lipinski definition) is 8. The van der Waals surface area contributed by atoms with Crippen molar-refractivity contribution in [3.63, 3.8) is 0 Å². The number of carbonyl (C=O) groups is 3. The van der Waals surface area contributed by atoms with E-state index in [9.17, 15) is 18.8 Å². The molecule has 0 aliphatic carbocycles. The molecule has 5 rings (SSSR count). The van der Waals surface area contributed by atoms with E-state index in [1.165, 1.54) is 35.8 Å². The van der Waals surface area contributed by atoms with E-state index in [1.54, 1.807) is 37.4 Å². The Morgan fingerprint density at radius 2 is 1.86 bits per heavy atom. The highest BCUT2D eigenvalue weighted by atomic mass is 32.2. The van der Waals surface area contributed by atoms with E-state index >= 15 is 0 Å². The number of hydrogen-bond donors (Lipinski definition) is 3. The van der Waals surface area contributed by atoms with Gasteiger partial charge < -0.3 is 19.7 Å². The van der Waals surface area contributed by atoms with Crippen molar-refractivity contribution in [2.45, 2.75) is 17.7 Å².